The lowest BCUT2D eigenvalue weighted by Gasteiger charge is -2.11. The Bertz CT molecular complexity index is 436. The zero-order chi connectivity index (χ0) is 13.0. The number of hydrogen-bond donors (Lipinski definition) is 1. The van der Waals surface area contributed by atoms with Crippen molar-refractivity contribution in [3.8, 4) is 5.75 Å². The van der Waals surface area contributed by atoms with E-state index in [4.69, 9.17) is 9.84 Å². The maximum Gasteiger partial charge on any atom is 0.331 e. The summed E-state index contributed by atoms with van der Waals surface area (Å²) in [6.07, 6.45) is 1.57. The molecule has 1 rings (SSSR count). The molecule has 17 heavy (non-hydrogen) atoms. The van der Waals surface area contributed by atoms with Crippen molar-refractivity contribution in [3.05, 3.63) is 40.5 Å². The van der Waals surface area contributed by atoms with Gasteiger partial charge in [-0.05, 0) is 44.9 Å². The lowest BCUT2D eigenvalue weighted by molar-refractivity contribution is -0.132. The fourth-order valence-electron chi connectivity index (χ4n) is 1.73. The summed E-state index contributed by atoms with van der Waals surface area (Å²) in [5.41, 5.74) is 3.64. The average Bonchev–Trinajstić information content (AvgIpc) is 2.21. The molecular formula is C14H18O3. The van der Waals surface area contributed by atoms with E-state index in [1.807, 2.05) is 20.8 Å². The highest BCUT2D eigenvalue weighted by atomic mass is 16.5. The number of ether oxygens (including phenoxy) is 1. The van der Waals surface area contributed by atoms with Crippen LogP contribution in [0.2, 0.25) is 0 Å². The van der Waals surface area contributed by atoms with Crippen LogP contribution in [-0.4, -0.2) is 17.7 Å². The lowest BCUT2D eigenvalue weighted by atomic mass is 10.1. The summed E-state index contributed by atoms with van der Waals surface area (Å²) in [6.45, 7) is 7.86. The Hall–Kier alpha value is -1.77. The van der Waals surface area contributed by atoms with Crippen molar-refractivity contribution in [2.24, 2.45) is 0 Å². The molecule has 0 amide bonds. The highest BCUT2D eigenvalue weighted by Crippen LogP contribution is 2.24. The van der Waals surface area contributed by atoms with E-state index in [0.717, 1.165) is 16.9 Å². The fourth-order valence-corrected chi connectivity index (χ4v) is 1.73. The fraction of sp³-hybridized carbons (Fsp3) is 0.357. The topological polar surface area (TPSA) is 46.5 Å². The second kappa shape index (κ2) is 5.53. The van der Waals surface area contributed by atoms with E-state index in [1.54, 1.807) is 13.0 Å². The van der Waals surface area contributed by atoms with Gasteiger partial charge >= 0.3 is 5.97 Å². The third-order valence-electron chi connectivity index (χ3n) is 2.56. The maximum atomic E-state index is 10.6. The van der Waals surface area contributed by atoms with Crippen molar-refractivity contribution >= 4 is 5.97 Å². The zero-order valence-corrected chi connectivity index (χ0v) is 10.7. The molecule has 0 aliphatic carbocycles. The van der Waals surface area contributed by atoms with Crippen LogP contribution in [0.25, 0.3) is 0 Å². The molecule has 0 bridgehead atoms. The van der Waals surface area contributed by atoms with Crippen molar-refractivity contribution in [1.82, 2.24) is 0 Å². The lowest BCUT2D eigenvalue weighted by Crippen LogP contribution is -2.02. The van der Waals surface area contributed by atoms with Crippen LogP contribution in [0.3, 0.4) is 0 Å². The second-order valence-electron chi connectivity index (χ2n) is 4.23. The minimum atomic E-state index is -0.911. The number of rotatable bonds is 4. The molecule has 92 valence electrons. The van der Waals surface area contributed by atoms with Gasteiger partial charge in [0.25, 0.3) is 0 Å². The van der Waals surface area contributed by atoms with Gasteiger partial charge < -0.3 is 9.84 Å². The second-order valence-corrected chi connectivity index (χ2v) is 4.23. The maximum absolute atomic E-state index is 10.6. The summed E-state index contributed by atoms with van der Waals surface area (Å²) in [5.74, 6) is -0.0732. The van der Waals surface area contributed by atoms with Crippen LogP contribution in [0, 0.1) is 20.8 Å². The average molecular weight is 234 g/mol. The Morgan fingerprint density at radius 2 is 1.82 bits per heavy atom. The van der Waals surface area contributed by atoms with Gasteiger partial charge in [-0.15, -0.1) is 0 Å². The van der Waals surface area contributed by atoms with Crippen molar-refractivity contribution in [3.63, 3.8) is 0 Å². The van der Waals surface area contributed by atoms with E-state index in [0.29, 0.717) is 5.57 Å². The van der Waals surface area contributed by atoms with Crippen molar-refractivity contribution in [1.29, 1.82) is 0 Å². The number of carboxylic acids is 1. The molecule has 3 nitrogen and oxygen atoms in total. The molecule has 1 aromatic carbocycles. The van der Waals surface area contributed by atoms with Gasteiger partial charge in [0.15, 0.2) is 0 Å². The van der Waals surface area contributed by atoms with E-state index in [9.17, 15) is 4.79 Å². The first-order chi connectivity index (χ1) is 7.91. The van der Waals surface area contributed by atoms with Crippen molar-refractivity contribution in [2.75, 3.05) is 6.61 Å². The summed E-state index contributed by atoms with van der Waals surface area (Å²) in [7, 11) is 0. The molecule has 0 unspecified atom stereocenters. The summed E-state index contributed by atoms with van der Waals surface area (Å²) < 4.78 is 5.60. The summed E-state index contributed by atoms with van der Waals surface area (Å²) >= 11 is 0. The van der Waals surface area contributed by atoms with Crippen LogP contribution in [0.1, 0.15) is 23.6 Å². The van der Waals surface area contributed by atoms with Gasteiger partial charge in [-0.25, -0.2) is 4.79 Å². The molecule has 0 atom stereocenters. The van der Waals surface area contributed by atoms with E-state index in [1.165, 1.54) is 5.56 Å². The Morgan fingerprint density at radius 1 is 1.29 bits per heavy atom. The van der Waals surface area contributed by atoms with E-state index < -0.39 is 5.97 Å². The minimum absolute atomic E-state index is 0.281. The summed E-state index contributed by atoms with van der Waals surface area (Å²) in [6, 6.07) is 4.10. The van der Waals surface area contributed by atoms with E-state index in [-0.39, 0.29) is 6.61 Å². The molecule has 0 aliphatic rings. The van der Waals surface area contributed by atoms with Gasteiger partial charge in [-0.2, -0.15) is 0 Å². The van der Waals surface area contributed by atoms with Crippen LogP contribution < -0.4 is 4.74 Å². The quantitative estimate of drug-likeness (QED) is 0.814. The van der Waals surface area contributed by atoms with Crippen LogP contribution in [0.15, 0.2) is 23.8 Å². The minimum Gasteiger partial charge on any atom is -0.489 e. The zero-order valence-electron chi connectivity index (χ0n) is 10.7. The Labute approximate surface area is 102 Å². The van der Waals surface area contributed by atoms with Crippen molar-refractivity contribution in [2.45, 2.75) is 27.7 Å². The van der Waals surface area contributed by atoms with Gasteiger partial charge in [0.2, 0.25) is 0 Å². The highest BCUT2D eigenvalue weighted by molar-refractivity contribution is 5.85. The summed E-state index contributed by atoms with van der Waals surface area (Å²) in [5, 5.41) is 8.70. The normalized spacial score (nSPS) is 11.4. The first-order valence-corrected chi connectivity index (χ1v) is 5.52. The molecule has 0 heterocycles. The Morgan fingerprint density at radius 3 is 2.29 bits per heavy atom. The molecule has 0 fully saturated rings. The molecule has 0 aliphatic heterocycles. The van der Waals surface area contributed by atoms with Crippen molar-refractivity contribution < 1.29 is 14.6 Å². The van der Waals surface area contributed by atoms with Gasteiger partial charge in [-0.1, -0.05) is 17.7 Å². The molecular weight excluding hydrogens is 216 g/mol. The molecule has 0 saturated carbocycles. The van der Waals surface area contributed by atoms with Gasteiger partial charge in [0, 0.05) is 5.57 Å². The molecule has 0 aromatic heterocycles. The molecule has 0 spiro atoms. The van der Waals surface area contributed by atoms with Crippen LogP contribution in [0.4, 0.5) is 0 Å². The number of carboxylic acid groups (broad SMARTS) is 1. The Kier molecular flexibility index (Phi) is 4.32. The first-order valence-electron chi connectivity index (χ1n) is 5.52. The third kappa shape index (κ3) is 3.63. The third-order valence-corrected chi connectivity index (χ3v) is 2.56. The largest absolute Gasteiger partial charge is 0.489 e. The van der Waals surface area contributed by atoms with Crippen LogP contribution in [-0.2, 0) is 4.79 Å². The number of benzene rings is 1. The monoisotopic (exact) mass is 234 g/mol. The predicted molar refractivity (Wildman–Crippen MR) is 67.5 cm³/mol. The smallest absolute Gasteiger partial charge is 0.331 e. The van der Waals surface area contributed by atoms with E-state index in [2.05, 4.69) is 12.1 Å². The van der Waals surface area contributed by atoms with Crippen LogP contribution in [0.5, 0.6) is 5.75 Å². The first kappa shape index (κ1) is 13.3. The standard InChI is InChI=1S/C14H18O3/c1-9-7-11(3)13(12(4)8-9)17-6-5-10(2)14(15)16/h5,7-8H,6H2,1-4H3,(H,15,16). The number of carbonyl (C=O) groups is 1. The molecule has 1 N–H and O–H groups in total. The highest BCUT2D eigenvalue weighted by Gasteiger charge is 2.05. The molecule has 0 radical (unpaired) electrons. The number of hydrogen-bond acceptors (Lipinski definition) is 2. The van der Waals surface area contributed by atoms with E-state index >= 15 is 0 Å². The summed E-state index contributed by atoms with van der Waals surface area (Å²) in [4.78, 5) is 10.6. The van der Waals surface area contributed by atoms with Crippen LogP contribution >= 0.6 is 0 Å². The molecule has 1 aromatic rings. The molecule has 3 heteroatoms. The Balaban J connectivity index is 2.77. The van der Waals surface area contributed by atoms with Gasteiger partial charge in [0.05, 0.1) is 0 Å². The van der Waals surface area contributed by atoms with Gasteiger partial charge in [0.1, 0.15) is 12.4 Å². The number of aryl methyl sites for hydroxylation is 3. The molecule has 0 saturated heterocycles. The SMILES string of the molecule is CC(=CCOc1c(C)cc(C)cc1C)C(=O)O. The predicted octanol–water partition coefficient (Wildman–Crippen LogP) is 3.02. The van der Waals surface area contributed by atoms with Gasteiger partial charge in [-0.3, -0.25) is 0 Å². The number of aliphatic carboxylic acids is 1.